The third-order valence-electron chi connectivity index (χ3n) is 3.31. The summed E-state index contributed by atoms with van der Waals surface area (Å²) in [5.41, 5.74) is -1.22. The monoisotopic (exact) mass is 297 g/mol. The highest BCUT2D eigenvalue weighted by atomic mass is 16.6. The molecule has 1 aliphatic rings. The second kappa shape index (κ2) is 5.96. The van der Waals surface area contributed by atoms with Crippen LogP contribution in [0, 0.1) is 10.1 Å². The van der Waals surface area contributed by atoms with Gasteiger partial charge in [0.1, 0.15) is 11.7 Å². The molecule has 1 unspecified atom stereocenters. The molecule has 2 rings (SSSR count). The number of benzene rings is 1. The van der Waals surface area contributed by atoms with Crippen LogP contribution in [0.25, 0.3) is 0 Å². The summed E-state index contributed by atoms with van der Waals surface area (Å²) in [5, 5.41) is 29.6. The molecular formula is C13H15NO7. The first-order valence-electron chi connectivity index (χ1n) is 6.43. The Hall–Kier alpha value is -2.35. The Morgan fingerprint density at radius 1 is 1.57 bits per heavy atom. The van der Waals surface area contributed by atoms with Crippen LogP contribution >= 0.6 is 0 Å². The molecule has 1 aromatic carbocycles. The molecule has 1 heterocycles. The highest BCUT2D eigenvalue weighted by Gasteiger charge is 2.27. The fourth-order valence-electron chi connectivity index (χ4n) is 2.22. The minimum atomic E-state index is -1.46. The third kappa shape index (κ3) is 3.22. The Morgan fingerprint density at radius 2 is 2.29 bits per heavy atom. The van der Waals surface area contributed by atoms with Gasteiger partial charge < -0.3 is 19.7 Å². The van der Waals surface area contributed by atoms with E-state index < -0.39 is 34.0 Å². The van der Waals surface area contributed by atoms with Gasteiger partial charge in [0, 0.05) is 12.7 Å². The molecule has 1 aliphatic heterocycles. The van der Waals surface area contributed by atoms with E-state index in [0.717, 1.165) is 25.0 Å². The summed E-state index contributed by atoms with van der Waals surface area (Å²) in [6.45, 7) is 2.36. The lowest BCUT2D eigenvalue weighted by Crippen LogP contribution is -2.28. The average molecular weight is 297 g/mol. The SMILES string of the molecule is C[C@H](Oc1cc(C(=O)O)c([N+](=O)[O-])cc1O)C1CCCO1. The van der Waals surface area contributed by atoms with Gasteiger partial charge in [-0.3, -0.25) is 10.1 Å². The van der Waals surface area contributed by atoms with E-state index >= 15 is 0 Å². The van der Waals surface area contributed by atoms with Gasteiger partial charge in [-0.1, -0.05) is 0 Å². The second-order valence-electron chi connectivity index (χ2n) is 4.77. The number of carboxylic acids is 1. The van der Waals surface area contributed by atoms with Crippen molar-refractivity contribution < 1.29 is 29.4 Å². The maximum Gasteiger partial charge on any atom is 0.342 e. The van der Waals surface area contributed by atoms with E-state index in [9.17, 15) is 20.0 Å². The van der Waals surface area contributed by atoms with Crippen molar-refractivity contribution >= 4 is 11.7 Å². The van der Waals surface area contributed by atoms with Crippen LogP contribution in [0.15, 0.2) is 12.1 Å². The fraction of sp³-hybridized carbons (Fsp3) is 0.462. The predicted octanol–water partition coefficient (Wildman–Crippen LogP) is 1.94. The van der Waals surface area contributed by atoms with Crippen molar-refractivity contribution in [2.24, 2.45) is 0 Å². The van der Waals surface area contributed by atoms with Crippen LogP contribution in [0.1, 0.15) is 30.1 Å². The zero-order valence-corrected chi connectivity index (χ0v) is 11.3. The van der Waals surface area contributed by atoms with E-state index in [-0.39, 0.29) is 11.9 Å². The standard InChI is InChI=1S/C13H15NO7/c1-7(11-3-2-4-20-11)21-12-5-8(13(16)17)9(14(18)19)6-10(12)15/h5-7,11,15H,2-4H2,1H3,(H,16,17)/t7-,11?/m0/s1. The summed E-state index contributed by atoms with van der Waals surface area (Å²) in [6, 6.07) is 1.74. The molecule has 0 bridgehead atoms. The Labute approximate surface area is 120 Å². The quantitative estimate of drug-likeness (QED) is 0.629. The lowest BCUT2D eigenvalue weighted by molar-refractivity contribution is -0.385. The summed E-state index contributed by atoms with van der Waals surface area (Å²) < 4.78 is 10.9. The first-order chi connectivity index (χ1) is 9.90. The lowest BCUT2D eigenvalue weighted by Gasteiger charge is -2.21. The summed E-state index contributed by atoms with van der Waals surface area (Å²) in [4.78, 5) is 21.0. The van der Waals surface area contributed by atoms with Crippen LogP contribution in [0.4, 0.5) is 5.69 Å². The smallest absolute Gasteiger partial charge is 0.342 e. The number of ether oxygens (including phenoxy) is 2. The molecule has 0 spiro atoms. The number of phenolic OH excluding ortho intramolecular Hbond substituents is 1. The van der Waals surface area contributed by atoms with Crippen LogP contribution in [0.5, 0.6) is 11.5 Å². The predicted molar refractivity (Wildman–Crippen MR) is 70.8 cm³/mol. The van der Waals surface area contributed by atoms with Crippen molar-refractivity contribution in [2.45, 2.75) is 32.0 Å². The molecule has 2 N–H and O–H groups in total. The van der Waals surface area contributed by atoms with E-state index in [1.165, 1.54) is 0 Å². The summed E-state index contributed by atoms with van der Waals surface area (Å²) in [6.07, 6.45) is 1.17. The van der Waals surface area contributed by atoms with Crippen LogP contribution in [-0.4, -0.2) is 39.9 Å². The number of hydrogen-bond donors (Lipinski definition) is 2. The lowest BCUT2D eigenvalue weighted by atomic mass is 10.1. The largest absolute Gasteiger partial charge is 0.504 e. The van der Waals surface area contributed by atoms with Gasteiger partial charge in [0.15, 0.2) is 11.5 Å². The molecule has 8 nitrogen and oxygen atoms in total. The molecule has 2 atom stereocenters. The number of nitro groups is 1. The summed E-state index contributed by atoms with van der Waals surface area (Å²) in [5.74, 6) is -2.05. The van der Waals surface area contributed by atoms with Gasteiger partial charge in [0.25, 0.3) is 5.69 Å². The molecule has 0 radical (unpaired) electrons. The first kappa shape index (κ1) is 15.0. The van der Waals surface area contributed by atoms with Crippen molar-refractivity contribution in [1.29, 1.82) is 0 Å². The number of phenols is 1. The van der Waals surface area contributed by atoms with Gasteiger partial charge in [-0.05, 0) is 19.8 Å². The molecule has 0 amide bonds. The van der Waals surface area contributed by atoms with Crippen LogP contribution in [-0.2, 0) is 4.74 Å². The third-order valence-corrected chi connectivity index (χ3v) is 3.31. The maximum absolute atomic E-state index is 11.1. The zero-order chi connectivity index (χ0) is 15.6. The maximum atomic E-state index is 11.1. The Morgan fingerprint density at radius 3 is 2.81 bits per heavy atom. The Balaban J connectivity index is 2.29. The van der Waals surface area contributed by atoms with Crippen molar-refractivity contribution in [3.05, 3.63) is 27.8 Å². The average Bonchev–Trinajstić information content (AvgIpc) is 2.94. The van der Waals surface area contributed by atoms with Gasteiger partial charge in [0.2, 0.25) is 0 Å². The molecule has 1 fully saturated rings. The van der Waals surface area contributed by atoms with Gasteiger partial charge in [-0.15, -0.1) is 0 Å². The first-order valence-corrected chi connectivity index (χ1v) is 6.43. The number of carbonyl (C=O) groups is 1. The number of nitro benzene ring substituents is 1. The number of hydrogen-bond acceptors (Lipinski definition) is 6. The van der Waals surface area contributed by atoms with Crippen molar-refractivity contribution in [3.63, 3.8) is 0 Å². The molecule has 0 aromatic heterocycles. The Kier molecular flexibility index (Phi) is 4.27. The van der Waals surface area contributed by atoms with E-state index in [1.54, 1.807) is 6.92 Å². The topological polar surface area (TPSA) is 119 Å². The van der Waals surface area contributed by atoms with Gasteiger partial charge in [-0.25, -0.2) is 4.79 Å². The van der Waals surface area contributed by atoms with Gasteiger partial charge in [0.05, 0.1) is 17.1 Å². The fourth-order valence-corrected chi connectivity index (χ4v) is 2.22. The van der Waals surface area contributed by atoms with Gasteiger partial charge >= 0.3 is 5.97 Å². The summed E-state index contributed by atoms with van der Waals surface area (Å²) >= 11 is 0. The number of carboxylic acid groups (broad SMARTS) is 1. The number of aromatic hydroxyl groups is 1. The second-order valence-corrected chi connectivity index (χ2v) is 4.77. The molecule has 1 saturated heterocycles. The molecule has 0 aliphatic carbocycles. The highest BCUT2D eigenvalue weighted by Crippen LogP contribution is 2.35. The number of aromatic carboxylic acids is 1. The van der Waals surface area contributed by atoms with Gasteiger partial charge in [-0.2, -0.15) is 0 Å². The van der Waals surface area contributed by atoms with E-state index in [1.807, 2.05) is 0 Å². The van der Waals surface area contributed by atoms with E-state index in [0.29, 0.717) is 6.61 Å². The number of nitrogens with zero attached hydrogens (tertiary/aromatic N) is 1. The molecule has 8 heteroatoms. The summed E-state index contributed by atoms with van der Waals surface area (Å²) in [7, 11) is 0. The molecule has 21 heavy (non-hydrogen) atoms. The van der Waals surface area contributed by atoms with E-state index in [2.05, 4.69) is 0 Å². The highest BCUT2D eigenvalue weighted by molar-refractivity contribution is 5.93. The molecule has 1 aromatic rings. The zero-order valence-electron chi connectivity index (χ0n) is 11.3. The molecular weight excluding hydrogens is 282 g/mol. The molecule has 114 valence electrons. The van der Waals surface area contributed by atoms with Crippen molar-refractivity contribution in [2.75, 3.05) is 6.61 Å². The van der Waals surface area contributed by atoms with Crippen LogP contribution in [0.3, 0.4) is 0 Å². The Bertz CT molecular complexity index is 566. The van der Waals surface area contributed by atoms with Crippen LogP contribution < -0.4 is 4.74 Å². The van der Waals surface area contributed by atoms with Crippen molar-refractivity contribution in [3.8, 4) is 11.5 Å². The van der Waals surface area contributed by atoms with E-state index in [4.69, 9.17) is 14.6 Å². The normalized spacial score (nSPS) is 19.2. The molecule has 0 saturated carbocycles. The van der Waals surface area contributed by atoms with Crippen molar-refractivity contribution in [1.82, 2.24) is 0 Å². The minimum absolute atomic E-state index is 0.110. The number of rotatable bonds is 5. The van der Waals surface area contributed by atoms with Crippen LogP contribution in [0.2, 0.25) is 0 Å². The minimum Gasteiger partial charge on any atom is -0.504 e.